The fourth-order valence-electron chi connectivity index (χ4n) is 1.38. The Morgan fingerprint density at radius 3 is 2.86 bits per heavy atom. The normalized spacial score (nSPS) is 26.0. The highest BCUT2D eigenvalue weighted by molar-refractivity contribution is 7.86. The second-order valence-electron chi connectivity index (χ2n) is 3.18. The van der Waals surface area contributed by atoms with E-state index in [2.05, 4.69) is 0 Å². The second kappa shape index (κ2) is 5.04. The van der Waals surface area contributed by atoms with Crippen molar-refractivity contribution in [2.45, 2.75) is 12.5 Å². The number of hydrogen-bond acceptors (Lipinski definition) is 4. The Morgan fingerprint density at radius 2 is 2.29 bits per heavy atom. The Morgan fingerprint density at radius 1 is 1.57 bits per heavy atom. The smallest absolute Gasteiger partial charge is 0.276 e. The summed E-state index contributed by atoms with van der Waals surface area (Å²) in [5.74, 6) is 0. The van der Waals surface area contributed by atoms with Gasteiger partial charge in [0.2, 0.25) is 0 Å². The van der Waals surface area contributed by atoms with Gasteiger partial charge in [0.1, 0.15) is 0 Å². The third kappa shape index (κ3) is 3.50. The third-order valence-corrected chi connectivity index (χ3v) is 3.19. The molecule has 14 heavy (non-hydrogen) atoms. The van der Waals surface area contributed by atoms with Crippen molar-refractivity contribution in [3.8, 4) is 0 Å². The average Bonchev–Trinajstić information content (AvgIpc) is 2.29. The van der Waals surface area contributed by atoms with Crippen LogP contribution >= 0.6 is 0 Å². The van der Waals surface area contributed by atoms with E-state index >= 15 is 0 Å². The van der Waals surface area contributed by atoms with Crippen LogP contribution in [0.4, 0.5) is 0 Å². The average molecular weight is 224 g/mol. The van der Waals surface area contributed by atoms with Crippen molar-refractivity contribution in [1.29, 1.82) is 0 Å². The summed E-state index contributed by atoms with van der Waals surface area (Å²) in [4.78, 5) is 0. The number of ether oxygens (including phenoxy) is 2. The predicted octanol–water partition coefficient (Wildman–Crippen LogP) is -1.07. The van der Waals surface area contributed by atoms with Gasteiger partial charge in [-0.15, -0.1) is 0 Å². The lowest BCUT2D eigenvalue weighted by molar-refractivity contribution is 0.00561. The third-order valence-electron chi connectivity index (χ3n) is 2.11. The van der Waals surface area contributed by atoms with Crippen LogP contribution in [0.1, 0.15) is 6.42 Å². The first kappa shape index (κ1) is 11.9. The summed E-state index contributed by atoms with van der Waals surface area (Å²) in [7, 11) is -1.99. The van der Waals surface area contributed by atoms with Crippen molar-refractivity contribution in [2.24, 2.45) is 5.14 Å². The molecule has 6 nitrogen and oxygen atoms in total. The molecule has 0 unspecified atom stereocenters. The van der Waals surface area contributed by atoms with Crippen LogP contribution in [-0.4, -0.2) is 52.2 Å². The summed E-state index contributed by atoms with van der Waals surface area (Å²) in [5.41, 5.74) is 0. The zero-order valence-electron chi connectivity index (χ0n) is 8.18. The quantitative estimate of drug-likeness (QED) is 0.661. The topological polar surface area (TPSA) is 81.9 Å². The molecule has 1 aliphatic heterocycles. The van der Waals surface area contributed by atoms with E-state index in [-0.39, 0.29) is 6.10 Å². The first-order chi connectivity index (χ1) is 6.54. The Balaban J connectivity index is 2.49. The summed E-state index contributed by atoms with van der Waals surface area (Å²) in [6.45, 7) is 1.56. The van der Waals surface area contributed by atoms with Gasteiger partial charge in [0, 0.05) is 20.2 Å². The molecule has 0 saturated carbocycles. The maximum Gasteiger partial charge on any atom is 0.276 e. The van der Waals surface area contributed by atoms with E-state index < -0.39 is 10.2 Å². The Kier molecular flexibility index (Phi) is 4.27. The zero-order chi connectivity index (χ0) is 10.6. The highest BCUT2D eigenvalue weighted by Gasteiger charge is 2.23. The second-order valence-corrected chi connectivity index (χ2v) is 4.73. The largest absolute Gasteiger partial charge is 0.382 e. The molecule has 0 spiro atoms. The molecule has 0 aliphatic carbocycles. The molecule has 0 amide bonds. The van der Waals surface area contributed by atoms with Gasteiger partial charge in [0.15, 0.2) is 0 Å². The van der Waals surface area contributed by atoms with Gasteiger partial charge >= 0.3 is 0 Å². The van der Waals surface area contributed by atoms with Crippen molar-refractivity contribution >= 4 is 10.2 Å². The van der Waals surface area contributed by atoms with Crippen molar-refractivity contribution in [1.82, 2.24) is 4.31 Å². The summed E-state index contributed by atoms with van der Waals surface area (Å²) >= 11 is 0. The molecule has 0 bridgehead atoms. The molecular formula is C7H16N2O4S. The molecular weight excluding hydrogens is 208 g/mol. The van der Waals surface area contributed by atoms with Gasteiger partial charge in [-0.1, -0.05) is 0 Å². The van der Waals surface area contributed by atoms with Crippen LogP contribution in [0.2, 0.25) is 0 Å². The van der Waals surface area contributed by atoms with Gasteiger partial charge in [-0.05, 0) is 6.42 Å². The summed E-state index contributed by atoms with van der Waals surface area (Å²) < 4.78 is 33.6. The van der Waals surface area contributed by atoms with Crippen molar-refractivity contribution in [3.05, 3.63) is 0 Å². The molecule has 0 radical (unpaired) electrons. The summed E-state index contributed by atoms with van der Waals surface area (Å²) in [6.07, 6.45) is 0.580. The molecule has 0 aromatic rings. The first-order valence-electron chi connectivity index (χ1n) is 4.42. The maximum atomic E-state index is 11.0. The Hall–Kier alpha value is -0.210. The number of rotatable bonds is 3. The van der Waals surface area contributed by atoms with Crippen LogP contribution in [0.25, 0.3) is 0 Å². The van der Waals surface area contributed by atoms with Gasteiger partial charge in [-0.2, -0.15) is 12.7 Å². The molecule has 1 heterocycles. The van der Waals surface area contributed by atoms with Gasteiger partial charge < -0.3 is 9.47 Å². The highest BCUT2D eigenvalue weighted by Crippen LogP contribution is 2.08. The van der Waals surface area contributed by atoms with Crippen LogP contribution in [-0.2, 0) is 19.7 Å². The minimum Gasteiger partial charge on any atom is -0.382 e. The van der Waals surface area contributed by atoms with Crippen molar-refractivity contribution < 1.29 is 17.9 Å². The SMILES string of the molecule is COC[C@@H]1CCN(S(N)(=O)=O)CCO1. The highest BCUT2D eigenvalue weighted by atomic mass is 32.2. The van der Waals surface area contributed by atoms with E-state index in [0.29, 0.717) is 32.7 Å². The standard InChI is InChI=1S/C7H16N2O4S/c1-12-6-7-2-3-9(4-5-13-7)14(8,10)11/h7H,2-6H2,1H3,(H2,8,10,11)/t7-/m0/s1. The van der Waals surface area contributed by atoms with Gasteiger partial charge in [0.25, 0.3) is 10.2 Å². The molecule has 0 aromatic carbocycles. The maximum absolute atomic E-state index is 11.0. The van der Waals surface area contributed by atoms with Crippen LogP contribution in [0.5, 0.6) is 0 Å². The minimum atomic E-state index is -3.58. The van der Waals surface area contributed by atoms with E-state index in [1.54, 1.807) is 7.11 Å². The molecule has 0 aromatic heterocycles. The predicted molar refractivity (Wildman–Crippen MR) is 50.9 cm³/mol. The van der Waals surface area contributed by atoms with E-state index in [9.17, 15) is 8.42 Å². The van der Waals surface area contributed by atoms with Crippen LogP contribution < -0.4 is 5.14 Å². The summed E-state index contributed by atoms with van der Waals surface area (Å²) in [5, 5.41) is 5.01. The van der Waals surface area contributed by atoms with E-state index in [4.69, 9.17) is 14.6 Å². The lowest BCUT2D eigenvalue weighted by Gasteiger charge is -2.15. The molecule has 7 heteroatoms. The number of methoxy groups -OCH3 is 1. The minimum absolute atomic E-state index is 0.0354. The molecule has 1 aliphatic rings. The van der Waals surface area contributed by atoms with Gasteiger partial charge in [0.05, 0.1) is 19.3 Å². The lowest BCUT2D eigenvalue weighted by Crippen LogP contribution is -2.38. The van der Waals surface area contributed by atoms with Gasteiger partial charge in [-0.25, -0.2) is 5.14 Å². The van der Waals surface area contributed by atoms with Crippen LogP contribution in [0.15, 0.2) is 0 Å². The Labute approximate surface area is 84.1 Å². The molecule has 1 fully saturated rings. The van der Waals surface area contributed by atoms with Crippen LogP contribution in [0.3, 0.4) is 0 Å². The first-order valence-corrected chi connectivity index (χ1v) is 5.93. The molecule has 1 saturated heterocycles. The van der Waals surface area contributed by atoms with E-state index in [0.717, 1.165) is 0 Å². The van der Waals surface area contributed by atoms with Crippen molar-refractivity contribution in [3.63, 3.8) is 0 Å². The van der Waals surface area contributed by atoms with E-state index in [1.807, 2.05) is 0 Å². The monoisotopic (exact) mass is 224 g/mol. The number of nitrogens with zero attached hydrogens (tertiary/aromatic N) is 1. The number of nitrogens with two attached hydrogens (primary N) is 1. The van der Waals surface area contributed by atoms with Gasteiger partial charge in [-0.3, -0.25) is 0 Å². The molecule has 1 atom stereocenters. The van der Waals surface area contributed by atoms with Crippen molar-refractivity contribution in [2.75, 3.05) is 33.4 Å². The van der Waals surface area contributed by atoms with E-state index in [1.165, 1.54) is 4.31 Å². The Bertz CT molecular complexity index is 267. The zero-order valence-corrected chi connectivity index (χ0v) is 9.00. The fraction of sp³-hybridized carbons (Fsp3) is 1.00. The molecule has 2 N–H and O–H groups in total. The summed E-state index contributed by atoms with van der Waals surface area (Å²) in [6, 6.07) is 0. The molecule has 1 rings (SSSR count). The number of hydrogen-bond donors (Lipinski definition) is 1. The van der Waals surface area contributed by atoms with Crippen LogP contribution in [0, 0.1) is 0 Å². The lowest BCUT2D eigenvalue weighted by atomic mass is 10.3. The fourth-order valence-corrected chi connectivity index (χ4v) is 2.07. The molecule has 84 valence electrons.